The fraction of sp³-hybridized carbons (Fsp3) is 0.125. The van der Waals surface area contributed by atoms with Crippen LogP contribution in [0.5, 0.6) is 0 Å². The molecule has 30 heavy (non-hydrogen) atoms. The van der Waals surface area contributed by atoms with Crippen LogP contribution in [0.3, 0.4) is 0 Å². The maximum Gasteiger partial charge on any atom is 0.128 e. The third kappa shape index (κ3) is 4.55. The highest BCUT2D eigenvalue weighted by atomic mass is 15.3. The summed E-state index contributed by atoms with van der Waals surface area (Å²) >= 11 is 0. The van der Waals surface area contributed by atoms with E-state index < -0.39 is 0 Å². The zero-order valence-electron chi connectivity index (χ0n) is 16.9. The molecular formula is C24H24N6. The van der Waals surface area contributed by atoms with Gasteiger partial charge < -0.3 is 10.2 Å². The van der Waals surface area contributed by atoms with Crippen LogP contribution in [0.1, 0.15) is 16.7 Å². The molecule has 0 fully saturated rings. The van der Waals surface area contributed by atoms with Gasteiger partial charge in [0.15, 0.2) is 0 Å². The molecule has 0 aliphatic carbocycles. The van der Waals surface area contributed by atoms with Gasteiger partial charge in [-0.3, -0.25) is 14.7 Å². The molecule has 3 aromatic rings. The van der Waals surface area contributed by atoms with Gasteiger partial charge in [-0.25, -0.2) is 0 Å². The number of rotatable bonds is 6. The Morgan fingerprint density at radius 2 is 1.97 bits per heavy atom. The minimum Gasteiger partial charge on any atom is -0.337 e. The Labute approximate surface area is 176 Å². The van der Waals surface area contributed by atoms with Gasteiger partial charge in [-0.1, -0.05) is 49.1 Å². The molecule has 6 heteroatoms. The highest BCUT2D eigenvalue weighted by Crippen LogP contribution is 2.22. The SMILES string of the molecule is C=C/C(=C1/NC(=NCc2cccnc2)C=CN1C)c1cnn(Cc2ccccc2)c1. The predicted octanol–water partition coefficient (Wildman–Crippen LogP) is 3.83. The summed E-state index contributed by atoms with van der Waals surface area (Å²) in [6, 6.07) is 14.2. The van der Waals surface area contributed by atoms with E-state index >= 15 is 0 Å². The number of pyridine rings is 1. The first kappa shape index (κ1) is 19.4. The van der Waals surface area contributed by atoms with Gasteiger partial charge in [0.2, 0.25) is 0 Å². The molecule has 2 aromatic heterocycles. The van der Waals surface area contributed by atoms with Gasteiger partial charge in [-0.05, 0) is 23.3 Å². The summed E-state index contributed by atoms with van der Waals surface area (Å²) in [5, 5.41) is 7.95. The lowest BCUT2D eigenvalue weighted by atomic mass is 10.1. The van der Waals surface area contributed by atoms with Gasteiger partial charge in [0, 0.05) is 43.0 Å². The van der Waals surface area contributed by atoms with E-state index in [1.807, 2.05) is 83.9 Å². The van der Waals surface area contributed by atoms with Crippen molar-refractivity contribution in [2.24, 2.45) is 4.99 Å². The highest BCUT2D eigenvalue weighted by Gasteiger charge is 2.16. The number of aliphatic imine (C=N–C) groups is 1. The van der Waals surface area contributed by atoms with Gasteiger partial charge in [0.25, 0.3) is 0 Å². The Morgan fingerprint density at radius 3 is 2.73 bits per heavy atom. The van der Waals surface area contributed by atoms with Crippen LogP contribution < -0.4 is 5.32 Å². The van der Waals surface area contributed by atoms with Crippen LogP contribution in [0.25, 0.3) is 5.57 Å². The molecule has 150 valence electrons. The van der Waals surface area contributed by atoms with Gasteiger partial charge in [-0.15, -0.1) is 0 Å². The maximum atomic E-state index is 4.67. The highest BCUT2D eigenvalue weighted by molar-refractivity contribution is 5.96. The minimum absolute atomic E-state index is 0.565. The van der Waals surface area contributed by atoms with Crippen LogP contribution in [0.2, 0.25) is 0 Å². The molecule has 1 aliphatic heterocycles. The van der Waals surface area contributed by atoms with Crippen LogP contribution in [0.4, 0.5) is 0 Å². The second-order valence-corrected chi connectivity index (χ2v) is 6.99. The molecule has 0 radical (unpaired) electrons. The summed E-state index contributed by atoms with van der Waals surface area (Å²) in [7, 11) is 1.99. The van der Waals surface area contributed by atoms with E-state index in [9.17, 15) is 0 Å². The predicted molar refractivity (Wildman–Crippen MR) is 120 cm³/mol. The number of hydrogen-bond acceptors (Lipinski definition) is 4. The quantitative estimate of drug-likeness (QED) is 0.688. The summed E-state index contributed by atoms with van der Waals surface area (Å²) in [6.45, 7) is 5.31. The minimum atomic E-state index is 0.565. The lowest BCUT2D eigenvalue weighted by molar-refractivity contribution is 0.535. The van der Waals surface area contributed by atoms with Crippen molar-refractivity contribution in [3.8, 4) is 0 Å². The van der Waals surface area contributed by atoms with Crippen molar-refractivity contribution in [3.05, 3.63) is 115 Å². The normalized spacial score (nSPS) is 16.4. The molecule has 0 bridgehead atoms. The van der Waals surface area contributed by atoms with Crippen LogP contribution in [0, 0.1) is 0 Å². The van der Waals surface area contributed by atoms with E-state index in [2.05, 4.69) is 39.1 Å². The van der Waals surface area contributed by atoms with Crippen molar-refractivity contribution in [1.29, 1.82) is 0 Å². The van der Waals surface area contributed by atoms with Crippen LogP contribution in [0.15, 0.2) is 103 Å². The molecule has 0 spiro atoms. The van der Waals surface area contributed by atoms with E-state index in [4.69, 9.17) is 0 Å². The van der Waals surface area contributed by atoms with Crippen molar-refractivity contribution >= 4 is 11.4 Å². The number of nitrogens with zero attached hydrogens (tertiary/aromatic N) is 5. The molecule has 0 amide bonds. The lowest BCUT2D eigenvalue weighted by Gasteiger charge is -2.26. The first-order valence-corrected chi connectivity index (χ1v) is 9.78. The average Bonchev–Trinajstić information content (AvgIpc) is 3.24. The van der Waals surface area contributed by atoms with Crippen molar-refractivity contribution in [1.82, 2.24) is 25.0 Å². The van der Waals surface area contributed by atoms with E-state index in [-0.39, 0.29) is 0 Å². The topological polar surface area (TPSA) is 58.3 Å². The fourth-order valence-corrected chi connectivity index (χ4v) is 3.24. The lowest BCUT2D eigenvalue weighted by Crippen LogP contribution is -2.34. The van der Waals surface area contributed by atoms with Crippen LogP contribution in [-0.2, 0) is 13.1 Å². The van der Waals surface area contributed by atoms with E-state index in [0.29, 0.717) is 6.54 Å². The first-order chi connectivity index (χ1) is 14.7. The zero-order valence-corrected chi connectivity index (χ0v) is 16.9. The fourth-order valence-electron chi connectivity index (χ4n) is 3.24. The molecule has 3 heterocycles. The van der Waals surface area contributed by atoms with Crippen LogP contribution >= 0.6 is 0 Å². The number of nitrogens with one attached hydrogen (secondary N) is 1. The van der Waals surface area contributed by atoms with Gasteiger partial charge in [0.1, 0.15) is 11.7 Å². The molecule has 0 atom stereocenters. The largest absolute Gasteiger partial charge is 0.337 e. The van der Waals surface area contributed by atoms with Gasteiger partial charge >= 0.3 is 0 Å². The Morgan fingerprint density at radius 1 is 1.13 bits per heavy atom. The standard InChI is InChI=1S/C24H24N6/c1-3-22(21-16-27-30(18-21)17-19-8-5-4-6-9-19)24-28-23(11-13-29(24)2)26-15-20-10-7-12-25-14-20/h3-14,16,18H,1,15,17H2,2H3,(H,26,28)/b24-22+. The Balaban J connectivity index is 1.56. The van der Waals surface area contributed by atoms with Crippen molar-refractivity contribution in [3.63, 3.8) is 0 Å². The van der Waals surface area contributed by atoms with Crippen molar-refractivity contribution in [2.45, 2.75) is 13.1 Å². The van der Waals surface area contributed by atoms with Crippen molar-refractivity contribution < 1.29 is 0 Å². The second kappa shape index (κ2) is 9.05. The van der Waals surface area contributed by atoms with E-state index in [0.717, 1.165) is 34.9 Å². The molecule has 1 N–H and O–H groups in total. The number of allylic oxidation sites excluding steroid dienone is 2. The molecule has 1 aromatic carbocycles. The Bertz CT molecular complexity index is 1090. The third-order valence-corrected chi connectivity index (χ3v) is 4.80. The molecule has 0 saturated carbocycles. The molecule has 0 unspecified atom stereocenters. The Hall–Kier alpha value is -3.93. The second-order valence-electron chi connectivity index (χ2n) is 6.99. The molecule has 4 rings (SSSR count). The smallest absolute Gasteiger partial charge is 0.128 e. The average molecular weight is 396 g/mol. The summed E-state index contributed by atoms with van der Waals surface area (Å²) in [5.74, 6) is 1.71. The van der Waals surface area contributed by atoms with E-state index in [1.54, 1.807) is 6.20 Å². The zero-order chi connectivity index (χ0) is 20.8. The molecule has 1 aliphatic rings. The van der Waals surface area contributed by atoms with Crippen molar-refractivity contribution in [2.75, 3.05) is 7.05 Å². The van der Waals surface area contributed by atoms with Crippen LogP contribution in [-0.4, -0.2) is 32.5 Å². The monoisotopic (exact) mass is 396 g/mol. The summed E-state index contributed by atoms with van der Waals surface area (Å²) in [5.41, 5.74) is 4.24. The number of amidine groups is 1. The number of aromatic nitrogens is 3. The summed E-state index contributed by atoms with van der Waals surface area (Å²) in [6.07, 6.45) is 13.3. The van der Waals surface area contributed by atoms with Gasteiger partial charge in [0.05, 0.1) is 19.3 Å². The summed E-state index contributed by atoms with van der Waals surface area (Å²) in [4.78, 5) is 10.8. The first-order valence-electron chi connectivity index (χ1n) is 9.78. The number of benzene rings is 1. The molecule has 0 saturated heterocycles. The van der Waals surface area contributed by atoms with E-state index in [1.165, 1.54) is 5.56 Å². The molecule has 6 nitrogen and oxygen atoms in total. The third-order valence-electron chi connectivity index (χ3n) is 4.80. The summed E-state index contributed by atoms with van der Waals surface area (Å²) < 4.78 is 1.94. The maximum absolute atomic E-state index is 4.67. The molecular weight excluding hydrogens is 372 g/mol. The number of hydrogen-bond donors (Lipinski definition) is 1. The van der Waals surface area contributed by atoms with Gasteiger partial charge in [-0.2, -0.15) is 5.10 Å². The Kier molecular flexibility index (Phi) is 5.85.